The van der Waals surface area contributed by atoms with E-state index in [0.717, 1.165) is 0 Å². The minimum atomic E-state index is 0.106. The van der Waals surface area contributed by atoms with E-state index in [1.807, 2.05) is 0 Å². The third-order valence-corrected chi connectivity index (χ3v) is 2.32. The maximum atomic E-state index is 9.48. The summed E-state index contributed by atoms with van der Waals surface area (Å²) in [5.74, 6) is 6.64. The molecule has 0 fully saturated rings. The van der Waals surface area contributed by atoms with Crippen molar-refractivity contribution in [1.82, 2.24) is 0 Å². The maximum absolute atomic E-state index is 9.48. The molecule has 18 heavy (non-hydrogen) atoms. The Morgan fingerprint density at radius 3 is 2.33 bits per heavy atom. The lowest BCUT2D eigenvalue weighted by atomic mass is 10.1. The van der Waals surface area contributed by atoms with Gasteiger partial charge in [0.2, 0.25) is 0 Å². The van der Waals surface area contributed by atoms with Gasteiger partial charge in [0.15, 0.2) is 0 Å². The van der Waals surface area contributed by atoms with Crippen LogP contribution in [0.3, 0.4) is 0 Å². The van der Waals surface area contributed by atoms with E-state index in [0.29, 0.717) is 16.9 Å². The van der Waals surface area contributed by atoms with Gasteiger partial charge in [-0.3, -0.25) is 0 Å². The van der Waals surface area contributed by atoms with Crippen molar-refractivity contribution in [2.75, 3.05) is 7.11 Å². The summed E-state index contributed by atoms with van der Waals surface area (Å²) in [5, 5.41) is 18.8. The number of hydrogen-bond acceptors (Lipinski definition) is 3. The zero-order chi connectivity index (χ0) is 13.0. The third kappa shape index (κ3) is 2.96. The fourth-order valence-electron chi connectivity index (χ4n) is 1.50. The van der Waals surface area contributed by atoms with Crippen LogP contribution in [0.2, 0.25) is 0 Å². The number of hydrogen-bond donors (Lipinski definition) is 2. The van der Waals surface area contributed by atoms with Gasteiger partial charge >= 0.3 is 0 Å². The molecule has 90 valence electrons. The Morgan fingerprint density at radius 1 is 0.889 bits per heavy atom. The smallest absolute Gasteiger partial charge is 0.123 e. The van der Waals surface area contributed by atoms with E-state index in [9.17, 15) is 10.2 Å². The van der Waals surface area contributed by atoms with Gasteiger partial charge in [0, 0.05) is 17.2 Å². The molecule has 3 heteroatoms. The lowest BCUT2D eigenvalue weighted by Crippen LogP contribution is -1.84. The van der Waals surface area contributed by atoms with Gasteiger partial charge in [-0.15, -0.1) is 0 Å². The van der Waals surface area contributed by atoms with E-state index < -0.39 is 0 Å². The van der Waals surface area contributed by atoms with Crippen molar-refractivity contribution in [3.63, 3.8) is 0 Å². The Balaban J connectivity index is 2.32. The van der Waals surface area contributed by atoms with Crippen LogP contribution in [0.25, 0.3) is 0 Å². The topological polar surface area (TPSA) is 49.7 Å². The SMILES string of the molecule is COc1cc(O)cc(C#Cc2cccc(O)c2)c1. The summed E-state index contributed by atoms with van der Waals surface area (Å²) in [6.45, 7) is 0. The zero-order valence-corrected chi connectivity index (χ0v) is 9.84. The molecule has 2 N–H and O–H groups in total. The average Bonchev–Trinajstić information content (AvgIpc) is 2.36. The summed E-state index contributed by atoms with van der Waals surface area (Å²) in [7, 11) is 1.53. The Morgan fingerprint density at radius 2 is 1.61 bits per heavy atom. The Kier molecular flexibility index (Phi) is 3.40. The molecule has 0 bridgehead atoms. The van der Waals surface area contributed by atoms with Gasteiger partial charge in [-0.25, -0.2) is 0 Å². The summed E-state index contributed by atoms with van der Waals surface area (Å²) in [4.78, 5) is 0. The first-order valence-corrected chi connectivity index (χ1v) is 5.36. The van der Waals surface area contributed by atoms with Crippen molar-refractivity contribution in [3.8, 4) is 29.1 Å². The molecule has 0 amide bonds. The minimum Gasteiger partial charge on any atom is -0.508 e. The predicted molar refractivity (Wildman–Crippen MR) is 68.7 cm³/mol. The minimum absolute atomic E-state index is 0.106. The van der Waals surface area contributed by atoms with Crippen LogP contribution in [0.15, 0.2) is 42.5 Å². The normalized spacial score (nSPS) is 9.39. The second-order valence-corrected chi connectivity index (χ2v) is 3.72. The molecule has 2 aromatic rings. The Bertz CT molecular complexity index is 621. The van der Waals surface area contributed by atoms with Crippen LogP contribution in [-0.2, 0) is 0 Å². The zero-order valence-electron chi connectivity index (χ0n) is 9.84. The summed E-state index contributed by atoms with van der Waals surface area (Å²) in [6.07, 6.45) is 0. The Hall–Kier alpha value is -2.60. The Labute approximate surface area is 105 Å². The van der Waals surface area contributed by atoms with Gasteiger partial charge in [0.05, 0.1) is 7.11 Å². The van der Waals surface area contributed by atoms with E-state index in [4.69, 9.17) is 4.74 Å². The number of rotatable bonds is 1. The van der Waals surface area contributed by atoms with E-state index in [1.165, 1.54) is 13.2 Å². The van der Waals surface area contributed by atoms with Gasteiger partial charge in [-0.2, -0.15) is 0 Å². The molecule has 0 aliphatic rings. The van der Waals surface area contributed by atoms with Crippen LogP contribution in [0.1, 0.15) is 11.1 Å². The van der Waals surface area contributed by atoms with Crippen molar-refractivity contribution < 1.29 is 14.9 Å². The van der Waals surface area contributed by atoms with Gasteiger partial charge < -0.3 is 14.9 Å². The highest BCUT2D eigenvalue weighted by Gasteiger charge is 1.97. The van der Waals surface area contributed by atoms with Gasteiger partial charge in [-0.05, 0) is 30.3 Å². The van der Waals surface area contributed by atoms with Gasteiger partial charge in [0.1, 0.15) is 17.2 Å². The second kappa shape index (κ2) is 5.15. The molecule has 0 unspecified atom stereocenters. The lowest BCUT2D eigenvalue weighted by Gasteiger charge is -2.01. The van der Waals surface area contributed by atoms with Crippen LogP contribution in [0.5, 0.6) is 17.2 Å². The summed E-state index contributed by atoms with van der Waals surface area (Å²) in [5.41, 5.74) is 1.35. The fourth-order valence-corrected chi connectivity index (χ4v) is 1.50. The summed E-state index contributed by atoms with van der Waals surface area (Å²) < 4.78 is 5.04. The van der Waals surface area contributed by atoms with Crippen molar-refractivity contribution >= 4 is 0 Å². The van der Waals surface area contributed by atoms with Gasteiger partial charge in [0.25, 0.3) is 0 Å². The van der Waals surface area contributed by atoms with Crippen LogP contribution < -0.4 is 4.74 Å². The summed E-state index contributed by atoms with van der Waals surface area (Å²) >= 11 is 0. The molecule has 3 nitrogen and oxygen atoms in total. The molecule has 0 heterocycles. The standard InChI is InChI=1S/C15H12O3/c1-18-15-9-12(8-14(17)10-15)6-5-11-3-2-4-13(16)7-11/h2-4,7-10,16-17H,1H3. The van der Waals surface area contributed by atoms with E-state index in [-0.39, 0.29) is 11.5 Å². The fraction of sp³-hybridized carbons (Fsp3) is 0.0667. The quantitative estimate of drug-likeness (QED) is 0.753. The van der Waals surface area contributed by atoms with Crippen molar-refractivity contribution in [2.24, 2.45) is 0 Å². The number of aromatic hydroxyl groups is 2. The van der Waals surface area contributed by atoms with E-state index >= 15 is 0 Å². The first kappa shape index (κ1) is 11.9. The van der Waals surface area contributed by atoms with Crippen LogP contribution in [0.4, 0.5) is 0 Å². The van der Waals surface area contributed by atoms with E-state index in [2.05, 4.69) is 11.8 Å². The monoisotopic (exact) mass is 240 g/mol. The largest absolute Gasteiger partial charge is 0.508 e. The number of ether oxygens (including phenoxy) is 1. The van der Waals surface area contributed by atoms with Crippen LogP contribution in [-0.4, -0.2) is 17.3 Å². The predicted octanol–water partition coefficient (Wildman–Crippen LogP) is 2.51. The molecule has 0 spiro atoms. The first-order valence-electron chi connectivity index (χ1n) is 5.36. The first-order chi connectivity index (χ1) is 8.67. The molecule has 0 radical (unpaired) electrons. The van der Waals surface area contributed by atoms with Crippen molar-refractivity contribution in [1.29, 1.82) is 0 Å². The number of phenols is 2. The second-order valence-electron chi connectivity index (χ2n) is 3.72. The molecule has 0 saturated carbocycles. The van der Waals surface area contributed by atoms with Crippen molar-refractivity contribution in [2.45, 2.75) is 0 Å². The summed E-state index contributed by atoms with van der Waals surface area (Å²) in [6, 6.07) is 11.5. The molecule has 2 rings (SSSR count). The van der Waals surface area contributed by atoms with Crippen LogP contribution >= 0.6 is 0 Å². The average molecular weight is 240 g/mol. The highest BCUT2D eigenvalue weighted by molar-refractivity contribution is 5.49. The maximum Gasteiger partial charge on any atom is 0.123 e. The number of methoxy groups -OCH3 is 1. The van der Waals surface area contributed by atoms with Crippen LogP contribution in [0, 0.1) is 11.8 Å². The molecule has 0 aromatic heterocycles. The highest BCUT2D eigenvalue weighted by atomic mass is 16.5. The number of benzene rings is 2. The molecule has 0 atom stereocenters. The molecular weight excluding hydrogens is 228 g/mol. The lowest BCUT2D eigenvalue weighted by molar-refractivity contribution is 0.407. The number of phenolic OH excluding ortho intramolecular Hbond substituents is 2. The third-order valence-electron chi connectivity index (χ3n) is 2.32. The molecule has 0 aliphatic carbocycles. The van der Waals surface area contributed by atoms with Crippen molar-refractivity contribution in [3.05, 3.63) is 53.6 Å². The van der Waals surface area contributed by atoms with Gasteiger partial charge in [-0.1, -0.05) is 17.9 Å². The molecule has 0 saturated heterocycles. The highest BCUT2D eigenvalue weighted by Crippen LogP contribution is 2.20. The molecule has 0 aliphatic heterocycles. The van der Waals surface area contributed by atoms with E-state index in [1.54, 1.807) is 36.4 Å². The molecular formula is C15H12O3. The molecule has 2 aromatic carbocycles.